The van der Waals surface area contributed by atoms with Crippen molar-refractivity contribution in [1.82, 2.24) is 4.90 Å². The fourth-order valence-electron chi connectivity index (χ4n) is 1.60. The molecular weight excluding hydrogens is 300 g/mol. The van der Waals surface area contributed by atoms with Crippen LogP contribution in [-0.4, -0.2) is 46.6 Å². The Labute approximate surface area is 121 Å². The van der Waals surface area contributed by atoms with Gasteiger partial charge in [-0.2, -0.15) is 13.7 Å². The summed E-state index contributed by atoms with van der Waals surface area (Å²) < 4.78 is 30.0. The number of carbonyl (C=O) groups excluding carboxylic acids is 1. The van der Waals surface area contributed by atoms with Gasteiger partial charge in [0.1, 0.15) is 6.04 Å². The van der Waals surface area contributed by atoms with Crippen LogP contribution in [0.25, 0.3) is 0 Å². The molecule has 112 valence electrons. The number of hydrogen-bond acceptors (Lipinski definition) is 5. The van der Waals surface area contributed by atoms with E-state index in [4.69, 9.17) is 14.9 Å². The number of benzene rings is 1. The second kappa shape index (κ2) is 6.83. The van der Waals surface area contributed by atoms with Gasteiger partial charge in [0.05, 0.1) is 5.75 Å². The molecule has 0 saturated carbocycles. The first-order valence-electron chi connectivity index (χ1n) is 5.72. The molecule has 1 atom stereocenters. The van der Waals surface area contributed by atoms with Crippen molar-refractivity contribution in [2.45, 2.75) is 12.5 Å². The molecule has 1 aromatic rings. The van der Waals surface area contributed by atoms with Crippen LogP contribution in [0.2, 0.25) is 0 Å². The summed E-state index contributed by atoms with van der Waals surface area (Å²) in [6, 6.07) is 5.83. The zero-order valence-corrected chi connectivity index (χ0v) is 11.5. The minimum absolute atomic E-state index is 0.0946. The maximum absolute atomic E-state index is 12.1. The summed E-state index contributed by atoms with van der Waals surface area (Å²) in [5.74, 6) is -3.27. The van der Waals surface area contributed by atoms with Gasteiger partial charge in [-0.3, -0.25) is 9.35 Å². The SMILES string of the molecule is N#CN(C(=O)c1ccccc1)[C@@H](CCS(=O)(=O)O)C(=O)O. The summed E-state index contributed by atoms with van der Waals surface area (Å²) in [5, 5.41) is 18.0. The standard InChI is InChI=1S/C12H12N2O6S/c13-8-14(11(15)9-4-2-1-3-5-9)10(12(16)17)6-7-21(18,19)20/h1-5,10H,6-7H2,(H,16,17)(H,18,19,20)/t10-/m0/s1. The average molecular weight is 312 g/mol. The summed E-state index contributed by atoms with van der Waals surface area (Å²) in [6.45, 7) is 0. The van der Waals surface area contributed by atoms with Gasteiger partial charge in [-0.25, -0.2) is 9.69 Å². The van der Waals surface area contributed by atoms with E-state index in [1.165, 1.54) is 30.5 Å². The number of carbonyl (C=O) groups is 2. The third-order valence-corrected chi connectivity index (χ3v) is 3.34. The van der Waals surface area contributed by atoms with Crippen molar-refractivity contribution in [3.63, 3.8) is 0 Å². The van der Waals surface area contributed by atoms with E-state index in [-0.39, 0.29) is 5.56 Å². The fraction of sp³-hybridized carbons (Fsp3) is 0.250. The van der Waals surface area contributed by atoms with E-state index in [0.29, 0.717) is 4.90 Å². The first-order chi connectivity index (χ1) is 9.76. The zero-order valence-electron chi connectivity index (χ0n) is 10.7. The Morgan fingerprint density at radius 1 is 1.29 bits per heavy atom. The Morgan fingerprint density at radius 3 is 2.29 bits per heavy atom. The molecule has 8 nitrogen and oxygen atoms in total. The number of carboxylic acid groups (broad SMARTS) is 1. The molecule has 0 bridgehead atoms. The van der Waals surface area contributed by atoms with Gasteiger partial charge in [-0.1, -0.05) is 18.2 Å². The molecule has 1 aromatic carbocycles. The zero-order chi connectivity index (χ0) is 16.0. The predicted octanol–water partition coefficient (Wildman–Crippen LogP) is 0.341. The number of amides is 1. The van der Waals surface area contributed by atoms with Crippen LogP contribution >= 0.6 is 0 Å². The van der Waals surface area contributed by atoms with Crippen LogP contribution in [0.1, 0.15) is 16.8 Å². The number of hydrogen-bond donors (Lipinski definition) is 2. The molecule has 0 aliphatic carbocycles. The fourth-order valence-corrected chi connectivity index (χ4v) is 2.12. The first-order valence-corrected chi connectivity index (χ1v) is 7.33. The first kappa shape index (κ1) is 16.6. The van der Waals surface area contributed by atoms with E-state index in [2.05, 4.69) is 0 Å². The molecule has 0 aliphatic rings. The van der Waals surface area contributed by atoms with Crippen molar-refractivity contribution < 1.29 is 27.7 Å². The normalized spacial score (nSPS) is 12.2. The molecule has 0 saturated heterocycles. The molecule has 1 amide bonds. The second-order valence-corrected chi connectivity index (χ2v) is 5.64. The highest BCUT2D eigenvalue weighted by atomic mass is 32.2. The third kappa shape index (κ3) is 4.87. The van der Waals surface area contributed by atoms with Crippen LogP contribution in [0.3, 0.4) is 0 Å². The molecule has 0 spiro atoms. The maximum atomic E-state index is 12.1. The van der Waals surface area contributed by atoms with E-state index in [9.17, 15) is 18.0 Å². The molecule has 0 aromatic heterocycles. The molecule has 0 fully saturated rings. The topological polar surface area (TPSA) is 136 Å². The number of carboxylic acids is 1. The van der Waals surface area contributed by atoms with Crippen LogP contribution in [0, 0.1) is 11.5 Å². The molecular formula is C12H12N2O6S. The van der Waals surface area contributed by atoms with Crippen LogP contribution in [0.4, 0.5) is 0 Å². The van der Waals surface area contributed by atoms with Gasteiger partial charge in [0, 0.05) is 5.56 Å². The summed E-state index contributed by atoms with van der Waals surface area (Å²) in [5.41, 5.74) is 0.0946. The lowest BCUT2D eigenvalue weighted by molar-refractivity contribution is -0.141. The van der Waals surface area contributed by atoms with Crippen molar-refractivity contribution in [1.29, 1.82) is 5.26 Å². The van der Waals surface area contributed by atoms with Crippen LogP contribution in [-0.2, 0) is 14.9 Å². The van der Waals surface area contributed by atoms with E-state index in [0.717, 1.165) is 0 Å². The summed E-state index contributed by atoms with van der Waals surface area (Å²) >= 11 is 0. The second-order valence-electron chi connectivity index (χ2n) is 4.07. The average Bonchev–Trinajstić information content (AvgIpc) is 2.42. The van der Waals surface area contributed by atoms with Crippen molar-refractivity contribution in [3.05, 3.63) is 35.9 Å². The lowest BCUT2D eigenvalue weighted by atomic mass is 10.1. The highest BCUT2D eigenvalue weighted by Crippen LogP contribution is 2.11. The molecule has 0 radical (unpaired) electrons. The lowest BCUT2D eigenvalue weighted by Gasteiger charge is -2.21. The monoisotopic (exact) mass is 312 g/mol. The van der Waals surface area contributed by atoms with Gasteiger partial charge < -0.3 is 5.11 Å². The van der Waals surface area contributed by atoms with Crippen LogP contribution in [0.15, 0.2) is 30.3 Å². The lowest BCUT2D eigenvalue weighted by Crippen LogP contribution is -2.43. The van der Waals surface area contributed by atoms with Crippen molar-refractivity contribution in [3.8, 4) is 6.19 Å². The molecule has 21 heavy (non-hydrogen) atoms. The number of aliphatic carboxylic acids is 1. The van der Waals surface area contributed by atoms with Crippen LogP contribution < -0.4 is 0 Å². The highest BCUT2D eigenvalue weighted by molar-refractivity contribution is 7.85. The number of nitrogens with zero attached hydrogens (tertiary/aromatic N) is 2. The molecule has 0 aliphatic heterocycles. The van der Waals surface area contributed by atoms with Crippen LogP contribution in [0.5, 0.6) is 0 Å². The van der Waals surface area contributed by atoms with Crippen molar-refractivity contribution in [2.75, 3.05) is 5.75 Å². The Balaban J connectivity index is 3.01. The van der Waals surface area contributed by atoms with Gasteiger partial charge in [-0.15, -0.1) is 0 Å². The molecule has 9 heteroatoms. The number of rotatable bonds is 6. The van der Waals surface area contributed by atoms with Gasteiger partial charge in [-0.05, 0) is 18.6 Å². The Bertz CT molecular complexity index is 665. The third-order valence-electron chi connectivity index (χ3n) is 2.59. The molecule has 0 unspecified atom stereocenters. The molecule has 2 N–H and O–H groups in total. The van der Waals surface area contributed by atoms with E-state index >= 15 is 0 Å². The minimum atomic E-state index is -4.40. The van der Waals surface area contributed by atoms with Gasteiger partial charge in [0.2, 0.25) is 0 Å². The smallest absolute Gasteiger partial charge is 0.327 e. The molecule has 0 heterocycles. The molecule has 1 rings (SSSR count). The maximum Gasteiger partial charge on any atom is 0.327 e. The summed E-state index contributed by atoms with van der Waals surface area (Å²) in [4.78, 5) is 23.6. The van der Waals surface area contributed by atoms with Crippen molar-refractivity contribution >= 4 is 22.0 Å². The number of nitriles is 1. The van der Waals surface area contributed by atoms with E-state index in [1.54, 1.807) is 6.07 Å². The Hall–Kier alpha value is -2.44. The van der Waals surface area contributed by atoms with Gasteiger partial charge >= 0.3 is 5.97 Å². The van der Waals surface area contributed by atoms with Gasteiger partial charge in [0.25, 0.3) is 16.0 Å². The summed E-state index contributed by atoms with van der Waals surface area (Å²) in [7, 11) is -4.40. The summed E-state index contributed by atoms with van der Waals surface area (Å²) in [6.07, 6.45) is 0.848. The largest absolute Gasteiger partial charge is 0.480 e. The minimum Gasteiger partial charge on any atom is -0.480 e. The van der Waals surface area contributed by atoms with E-state index in [1.807, 2.05) is 0 Å². The van der Waals surface area contributed by atoms with Gasteiger partial charge in [0.15, 0.2) is 6.19 Å². The quantitative estimate of drug-likeness (QED) is 0.439. The highest BCUT2D eigenvalue weighted by Gasteiger charge is 2.31. The Kier molecular flexibility index (Phi) is 5.40. The van der Waals surface area contributed by atoms with Crippen molar-refractivity contribution in [2.24, 2.45) is 0 Å². The van der Waals surface area contributed by atoms with E-state index < -0.39 is 40.2 Å². The predicted molar refractivity (Wildman–Crippen MR) is 70.7 cm³/mol. The Morgan fingerprint density at radius 2 is 1.86 bits per heavy atom.